The molecule has 29 heavy (non-hydrogen) atoms. The molecule has 2 N–H and O–H groups in total. The zero-order valence-corrected chi connectivity index (χ0v) is 18.2. The van der Waals surface area contributed by atoms with E-state index in [4.69, 9.17) is 10.5 Å². The molecule has 156 valence electrons. The number of rotatable bonds is 5. The number of ether oxygens (including phenoxy) is 1. The van der Waals surface area contributed by atoms with Gasteiger partial charge in [0, 0.05) is 19.0 Å². The average molecular weight is 413 g/mol. The lowest BCUT2D eigenvalue weighted by molar-refractivity contribution is -0.144. The molecule has 5 heteroatoms. The van der Waals surface area contributed by atoms with E-state index in [9.17, 15) is 4.79 Å². The molecule has 0 saturated carbocycles. The van der Waals surface area contributed by atoms with Gasteiger partial charge in [0.05, 0.1) is 11.4 Å². The van der Waals surface area contributed by atoms with E-state index in [-0.39, 0.29) is 17.3 Å². The molecule has 1 amide bonds. The van der Waals surface area contributed by atoms with Gasteiger partial charge in [-0.25, -0.2) is 0 Å². The summed E-state index contributed by atoms with van der Waals surface area (Å²) in [6, 6.07) is 0. The van der Waals surface area contributed by atoms with Gasteiger partial charge in [0.15, 0.2) is 0 Å². The van der Waals surface area contributed by atoms with Crippen molar-refractivity contribution in [3.8, 4) is 0 Å². The molecule has 1 saturated heterocycles. The van der Waals surface area contributed by atoms with Gasteiger partial charge in [-0.05, 0) is 50.0 Å². The topological polar surface area (TPSA) is 55.6 Å². The Labute approximate surface area is 176 Å². The van der Waals surface area contributed by atoms with Crippen LogP contribution in [-0.2, 0) is 9.53 Å². The molecule has 1 fully saturated rings. The molecule has 0 aromatic heterocycles. The Hall–Kier alpha value is -1.48. The van der Waals surface area contributed by atoms with E-state index in [1.165, 1.54) is 12.0 Å². The first kappa shape index (κ1) is 20.8. The Bertz CT molecular complexity index is 765. The summed E-state index contributed by atoms with van der Waals surface area (Å²) in [5, 5.41) is 0. The van der Waals surface area contributed by atoms with Crippen LogP contribution in [0.5, 0.6) is 0 Å². The molecule has 6 atom stereocenters. The first-order chi connectivity index (χ1) is 14.1. The van der Waals surface area contributed by atoms with Crippen LogP contribution in [0.2, 0.25) is 0 Å². The first-order valence-electron chi connectivity index (χ1n) is 10.9. The van der Waals surface area contributed by atoms with Gasteiger partial charge < -0.3 is 10.5 Å². The highest BCUT2D eigenvalue weighted by molar-refractivity contribution is 7.17. The fourth-order valence-corrected chi connectivity index (χ4v) is 6.04. The van der Waals surface area contributed by atoms with Crippen molar-refractivity contribution >= 4 is 15.1 Å². The lowest BCUT2D eigenvalue weighted by Gasteiger charge is -2.56. The molecule has 4 unspecified atom stereocenters. The highest BCUT2D eigenvalue weighted by atomic mass is 31.0. The number of amides is 1. The third-order valence-electron chi connectivity index (χ3n) is 6.79. The Kier molecular flexibility index (Phi) is 6.53. The normalized spacial score (nSPS) is 34.6. The summed E-state index contributed by atoms with van der Waals surface area (Å²) in [4.78, 5) is 14.6. The summed E-state index contributed by atoms with van der Waals surface area (Å²) in [6.07, 6.45) is 27.0. The molecule has 0 radical (unpaired) electrons. The van der Waals surface area contributed by atoms with Gasteiger partial charge in [-0.15, -0.1) is 9.24 Å². The van der Waals surface area contributed by atoms with E-state index in [0.29, 0.717) is 18.4 Å². The fourth-order valence-electron chi connectivity index (χ4n) is 5.60. The van der Waals surface area contributed by atoms with E-state index in [2.05, 4.69) is 68.8 Å². The molecule has 0 aromatic carbocycles. The van der Waals surface area contributed by atoms with Crippen molar-refractivity contribution in [1.82, 2.24) is 4.90 Å². The lowest BCUT2D eigenvalue weighted by Crippen LogP contribution is -2.65. The van der Waals surface area contributed by atoms with E-state index in [1.54, 1.807) is 0 Å². The van der Waals surface area contributed by atoms with Gasteiger partial charge in [0.2, 0.25) is 5.91 Å². The predicted octanol–water partition coefficient (Wildman–Crippen LogP) is 3.88. The minimum absolute atomic E-state index is 0.107. The van der Waals surface area contributed by atoms with Crippen molar-refractivity contribution in [2.24, 2.45) is 17.6 Å². The zero-order valence-electron chi connectivity index (χ0n) is 17.1. The molecule has 3 aliphatic carbocycles. The Balaban J connectivity index is 1.85. The maximum absolute atomic E-state index is 12.1. The maximum Gasteiger partial charge on any atom is 0.247 e. The second kappa shape index (κ2) is 9.12. The number of nitrogens with two attached hydrogens (primary N) is 1. The molecule has 0 aromatic rings. The van der Waals surface area contributed by atoms with Crippen molar-refractivity contribution in [2.45, 2.75) is 56.0 Å². The lowest BCUT2D eigenvalue weighted by atomic mass is 9.62. The summed E-state index contributed by atoms with van der Waals surface area (Å²) in [5.74, 6) is 0.264. The molecule has 1 heterocycles. The van der Waals surface area contributed by atoms with E-state index in [1.807, 2.05) is 0 Å². The van der Waals surface area contributed by atoms with E-state index < -0.39 is 6.10 Å². The van der Waals surface area contributed by atoms with Crippen LogP contribution in [0.4, 0.5) is 0 Å². The third-order valence-corrected chi connectivity index (χ3v) is 7.16. The molecule has 1 aliphatic heterocycles. The molecule has 4 rings (SSSR count). The van der Waals surface area contributed by atoms with Crippen LogP contribution in [0, 0.1) is 11.8 Å². The number of hydrogen-bond donors (Lipinski definition) is 1. The molecule has 4 nitrogen and oxygen atoms in total. The predicted molar refractivity (Wildman–Crippen MR) is 121 cm³/mol. The van der Waals surface area contributed by atoms with Crippen molar-refractivity contribution in [3.63, 3.8) is 0 Å². The molecule has 0 bridgehead atoms. The van der Waals surface area contributed by atoms with Crippen LogP contribution < -0.4 is 5.73 Å². The van der Waals surface area contributed by atoms with Gasteiger partial charge in [0.25, 0.3) is 0 Å². The summed E-state index contributed by atoms with van der Waals surface area (Å²) in [5.41, 5.74) is 6.91. The smallest absolute Gasteiger partial charge is 0.247 e. The number of carbonyl (C=O) groups excluding carboxylic acids is 1. The third kappa shape index (κ3) is 4.08. The monoisotopic (exact) mass is 412 g/mol. The highest BCUT2D eigenvalue weighted by Crippen LogP contribution is 2.49. The van der Waals surface area contributed by atoms with Crippen LogP contribution in [0.1, 0.15) is 38.5 Å². The minimum atomic E-state index is -0.575. The summed E-state index contributed by atoms with van der Waals surface area (Å²) in [7, 11) is 2.76. The largest absolute Gasteiger partial charge is 0.367 e. The van der Waals surface area contributed by atoms with Crippen molar-refractivity contribution < 1.29 is 9.53 Å². The number of hydrogen-bond acceptors (Lipinski definition) is 3. The summed E-state index contributed by atoms with van der Waals surface area (Å²) < 4.78 is 5.89. The van der Waals surface area contributed by atoms with Gasteiger partial charge in [-0.2, -0.15) is 0 Å². The first-order valence-corrected chi connectivity index (χ1v) is 11.6. The average Bonchev–Trinajstić information content (AvgIpc) is 2.76. The second-order valence-electron chi connectivity index (χ2n) is 8.56. The van der Waals surface area contributed by atoms with Gasteiger partial charge in [-0.1, -0.05) is 54.7 Å². The number of nitrogens with zero attached hydrogens (tertiary/aromatic N) is 1. The fraction of sp³-hybridized carbons (Fsp3) is 0.542. The Morgan fingerprint density at radius 3 is 2.66 bits per heavy atom. The van der Waals surface area contributed by atoms with Crippen molar-refractivity contribution in [1.29, 1.82) is 0 Å². The second-order valence-corrected chi connectivity index (χ2v) is 9.30. The quantitative estimate of drug-likeness (QED) is 0.551. The Morgan fingerprint density at radius 2 is 2.00 bits per heavy atom. The number of primary amides is 1. The highest BCUT2D eigenvalue weighted by Gasteiger charge is 2.52. The van der Waals surface area contributed by atoms with Crippen LogP contribution in [-0.4, -0.2) is 41.4 Å². The molecular weight excluding hydrogens is 379 g/mol. The standard InChI is InChI=1S/C24H33N2O2P/c25-23(27)21-16-26(17-22(29)28-21)24(18-10-4-1-5-11-18,19-12-6-2-7-13-19)20-14-8-3-9-15-20/h1,4-6,8,10,12-14,18,20-22H,2-3,7,9,11,15-17,29H2,(H2,25,27)/t18-,20-,21?,22?,24?/m0/s1. The zero-order chi connectivity index (χ0) is 20.3. The summed E-state index contributed by atoms with van der Waals surface area (Å²) >= 11 is 0. The number of carbonyl (C=O) groups is 1. The van der Waals surface area contributed by atoms with Crippen LogP contribution in [0.25, 0.3) is 0 Å². The number of allylic oxidation sites excluding steroid dienone is 6. The maximum atomic E-state index is 12.1. The van der Waals surface area contributed by atoms with Crippen molar-refractivity contribution in [3.05, 3.63) is 60.3 Å². The molecular formula is C24H33N2O2P. The Morgan fingerprint density at radius 1 is 1.10 bits per heavy atom. The van der Waals surface area contributed by atoms with Crippen molar-refractivity contribution in [2.75, 3.05) is 13.1 Å². The SMILES string of the molecule is NC(=O)C1CN(C(C2=CCCC=C2)([C@H]2C=CC=CC2)[C@H]2C=CCCC2)CC(P)O1. The molecule has 0 spiro atoms. The summed E-state index contributed by atoms with van der Waals surface area (Å²) in [6.45, 7) is 1.32. The number of morpholine rings is 1. The van der Waals surface area contributed by atoms with Crippen LogP contribution in [0.15, 0.2) is 60.3 Å². The van der Waals surface area contributed by atoms with Crippen LogP contribution >= 0.6 is 9.24 Å². The molecule has 4 aliphatic rings. The minimum Gasteiger partial charge on any atom is -0.367 e. The van der Waals surface area contributed by atoms with E-state index in [0.717, 1.165) is 38.6 Å². The van der Waals surface area contributed by atoms with Gasteiger partial charge in [-0.3, -0.25) is 9.69 Å². The van der Waals surface area contributed by atoms with Gasteiger partial charge >= 0.3 is 0 Å². The van der Waals surface area contributed by atoms with Crippen LogP contribution in [0.3, 0.4) is 0 Å². The van der Waals surface area contributed by atoms with Gasteiger partial charge in [0.1, 0.15) is 6.10 Å². The van der Waals surface area contributed by atoms with E-state index >= 15 is 0 Å².